The van der Waals surface area contributed by atoms with Gasteiger partial charge in [-0.3, -0.25) is 9.69 Å². The van der Waals surface area contributed by atoms with Gasteiger partial charge in [-0.05, 0) is 43.3 Å². The number of nitrogens with zero attached hydrogens (tertiary/aromatic N) is 3. The Labute approximate surface area is 182 Å². The topological polar surface area (TPSA) is 68.6 Å². The van der Waals surface area contributed by atoms with Crippen LogP contribution in [0, 0.1) is 0 Å². The number of carbonyl (C=O) groups excluding carboxylic acids is 1. The van der Waals surface area contributed by atoms with E-state index in [1.807, 2.05) is 60.7 Å². The van der Waals surface area contributed by atoms with Crippen LogP contribution < -0.4 is 10.1 Å². The van der Waals surface area contributed by atoms with Crippen LogP contribution in [0.25, 0.3) is 16.9 Å². The number of hydrogen-bond acceptors (Lipinski definition) is 5. The van der Waals surface area contributed by atoms with Crippen LogP contribution in [0.2, 0.25) is 0 Å². The molecule has 3 aromatic rings. The van der Waals surface area contributed by atoms with E-state index in [0.29, 0.717) is 12.2 Å². The normalized spacial score (nSPS) is 14.4. The molecule has 1 amide bonds. The summed E-state index contributed by atoms with van der Waals surface area (Å²) in [6.07, 6.45) is 0.897. The van der Waals surface area contributed by atoms with Crippen molar-refractivity contribution in [2.75, 3.05) is 46.5 Å². The summed E-state index contributed by atoms with van der Waals surface area (Å²) in [5.41, 5.74) is 3.04. The Bertz CT molecular complexity index is 980. The van der Waals surface area contributed by atoms with Gasteiger partial charge in [-0.25, -0.2) is 4.68 Å². The lowest BCUT2D eigenvalue weighted by molar-refractivity contribution is 0.0374. The predicted molar refractivity (Wildman–Crippen MR) is 120 cm³/mol. The van der Waals surface area contributed by atoms with Gasteiger partial charge in [-0.2, -0.15) is 5.10 Å². The molecule has 0 unspecified atom stereocenters. The van der Waals surface area contributed by atoms with E-state index in [2.05, 4.69) is 10.2 Å². The summed E-state index contributed by atoms with van der Waals surface area (Å²) < 4.78 is 12.3. The first kappa shape index (κ1) is 21.1. The lowest BCUT2D eigenvalue weighted by Crippen LogP contribution is -2.38. The fraction of sp³-hybridized carbons (Fsp3) is 0.333. The largest absolute Gasteiger partial charge is 0.497 e. The highest BCUT2D eigenvalue weighted by molar-refractivity contribution is 5.94. The van der Waals surface area contributed by atoms with E-state index >= 15 is 0 Å². The van der Waals surface area contributed by atoms with Crippen molar-refractivity contribution in [3.63, 3.8) is 0 Å². The molecule has 7 nitrogen and oxygen atoms in total. The average Bonchev–Trinajstić information content (AvgIpc) is 3.29. The molecule has 0 bridgehead atoms. The second-order valence-corrected chi connectivity index (χ2v) is 7.45. The van der Waals surface area contributed by atoms with E-state index < -0.39 is 0 Å². The summed E-state index contributed by atoms with van der Waals surface area (Å²) in [5.74, 6) is 0.626. The zero-order valence-corrected chi connectivity index (χ0v) is 17.8. The third kappa shape index (κ3) is 5.31. The molecule has 1 aliphatic heterocycles. The van der Waals surface area contributed by atoms with Gasteiger partial charge >= 0.3 is 0 Å². The molecule has 2 heterocycles. The van der Waals surface area contributed by atoms with Gasteiger partial charge in [-0.15, -0.1) is 0 Å². The number of ether oxygens (including phenoxy) is 2. The SMILES string of the molecule is COc1ccc(-n2nc(-c3ccccc3)cc2C(=O)NCCCN2CCOCC2)cc1. The number of hydrogen-bond donors (Lipinski definition) is 1. The fourth-order valence-electron chi connectivity index (χ4n) is 3.63. The maximum Gasteiger partial charge on any atom is 0.270 e. The standard InChI is InChI=1S/C24H28N4O3/c1-30-21-10-8-20(9-11-21)28-23(18-22(26-28)19-6-3-2-4-7-19)24(29)25-12-5-13-27-14-16-31-17-15-27/h2-4,6-11,18H,5,12-17H2,1H3,(H,25,29). The molecule has 1 N–H and O–H groups in total. The molecule has 2 aromatic carbocycles. The first-order chi connectivity index (χ1) is 15.2. The molecule has 31 heavy (non-hydrogen) atoms. The van der Waals surface area contributed by atoms with E-state index in [1.54, 1.807) is 11.8 Å². The summed E-state index contributed by atoms with van der Waals surface area (Å²) in [7, 11) is 1.63. The van der Waals surface area contributed by atoms with Gasteiger partial charge in [0.1, 0.15) is 11.4 Å². The molecule has 4 rings (SSSR count). The average molecular weight is 421 g/mol. The monoisotopic (exact) mass is 420 g/mol. The number of nitrogens with one attached hydrogen (secondary N) is 1. The second kappa shape index (κ2) is 10.2. The lowest BCUT2D eigenvalue weighted by atomic mass is 10.1. The summed E-state index contributed by atoms with van der Waals surface area (Å²) in [6, 6.07) is 19.2. The minimum Gasteiger partial charge on any atom is -0.497 e. The Kier molecular flexibility index (Phi) is 6.96. The highest BCUT2D eigenvalue weighted by Gasteiger charge is 2.18. The van der Waals surface area contributed by atoms with Crippen LogP contribution in [0.3, 0.4) is 0 Å². The maximum atomic E-state index is 13.0. The minimum atomic E-state index is -0.132. The van der Waals surface area contributed by atoms with Gasteiger partial charge in [0.2, 0.25) is 0 Å². The van der Waals surface area contributed by atoms with Gasteiger partial charge < -0.3 is 14.8 Å². The number of morpholine rings is 1. The Balaban J connectivity index is 1.50. The summed E-state index contributed by atoms with van der Waals surface area (Å²) in [4.78, 5) is 15.4. The molecule has 1 aliphatic rings. The number of carbonyl (C=O) groups is 1. The number of rotatable bonds is 8. The van der Waals surface area contributed by atoms with Crippen molar-refractivity contribution in [1.29, 1.82) is 0 Å². The van der Waals surface area contributed by atoms with Crippen molar-refractivity contribution in [3.05, 3.63) is 66.4 Å². The number of aromatic nitrogens is 2. The molecular weight excluding hydrogens is 392 g/mol. The number of amides is 1. The van der Waals surface area contributed by atoms with Crippen molar-refractivity contribution in [3.8, 4) is 22.7 Å². The van der Waals surface area contributed by atoms with E-state index in [1.165, 1.54) is 0 Å². The Hall–Kier alpha value is -3.16. The molecule has 1 fully saturated rings. The van der Waals surface area contributed by atoms with Crippen molar-refractivity contribution in [2.24, 2.45) is 0 Å². The van der Waals surface area contributed by atoms with Crippen LogP contribution >= 0.6 is 0 Å². The van der Waals surface area contributed by atoms with Crippen molar-refractivity contribution in [2.45, 2.75) is 6.42 Å². The number of benzene rings is 2. The highest BCUT2D eigenvalue weighted by atomic mass is 16.5. The van der Waals surface area contributed by atoms with Gasteiger partial charge in [0, 0.05) is 25.2 Å². The molecule has 7 heteroatoms. The molecule has 162 valence electrons. The van der Waals surface area contributed by atoms with Crippen molar-refractivity contribution >= 4 is 5.91 Å². The Morgan fingerprint density at radius 3 is 2.55 bits per heavy atom. The zero-order valence-electron chi connectivity index (χ0n) is 17.8. The fourth-order valence-corrected chi connectivity index (χ4v) is 3.63. The van der Waals surface area contributed by atoms with Crippen LogP contribution in [0.1, 0.15) is 16.9 Å². The molecule has 0 aliphatic carbocycles. The maximum absolute atomic E-state index is 13.0. The molecule has 0 radical (unpaired) electrons. The third-order valence-electron chi connectivity index (χ3n) is 5.37. The third-order valence-corrected chi connectivity index (χ3v) is 5.37. The van der Waals surface area contributed by atoms with Crippen LogP contribution in [0.5, 0.6) is 5.75 Å². The van der Waals surface area contributed by atoms with Crippen LogP contribution in [0.4, 0.5) is 0 Å². The molecule has 0 saturated carbocycles. The quantitative estimate of drug-likeness (QED) is 0.568. The van der Waals surface area contributed by atoms with Crippen molar-refractivity contribution in [1.82, 2.24) is 20.0 Å². The van der Waals surface area contributed by atoms with E-state index in [0.717, 1.165) is 62.0 Å². The smallest absolute Gasteiger partial charge is 0.270 e. The molecule has 1 aromatic heterocycles. The zero-order chi connectivity index (χ0) is 21.5. The van der Waals surface area contributed by atoms with Gasteiger partial charge in [0.25, 0.3) is 5.91 Å². The van der Waals surface area contributed by atoms with Crippen LogP contribution in [-0.2, 0) is 4.74 Å². The van der Waals surface area contributed by atoms with E-state index in [9.17, 15) is 4.79 Å². The van der Waals surface area contributed by atoms with Crippen LogP contribution in [0.15, 0.2) is 60.7 Å². The molecular formula is C24H28N4O3. The molecule has 0 spiro atoms. The van der Waals surface area contributed by atoms with Crippen molar-refractivity contribution < 1.29 is 14.3 Å². The molecule has 0 atom stereocenters. The van der Waals surface area contributed by atoms with Gasteiger partial charge in [0.15, 0.2) is 0 Å². The number of methoxy groups -OCH3 is 1. The first-order valence-electron chi connectivity index (χ1n) is 10.6. The summed E-state index contributed by atoms with van der Waals surface area (Å²) >= 11 is 0. The van der Waals surface area contributed by atoms with E-state index in [4.69, 9.17) is 14.6 Å². The molecule has 1 saturated heterocycles. The Morgan fingerprint density at radius 1 is 1.10 bits per heavy atom. The Morgan fingerprint density at radius 2 is 1.84 bits per heavy atom. The van der Waals surface area contributed by atoms with Gasteiger partial charge in [-0.1, -0.05) is 30.3 Å². The second-order valence-electron chi connectivity index (χ2n) is 7.45. The summed E-state index contributed by atoms with van der Waals surface area (Å²) in [6.45, 7) is 5.06. The predicted octanol–water partition coefficient (Wildman–Crippen LogP) is 3.00. The van der Waals surface area contributed by atoms with Gasteiger partial charge in [0.05, 0.1) is 31.7 Å². The minimum absolute atomic E-state index is 0.132. The highest BCUT2D eigenvalue weighted by Crippen LogP contribution is 2.23. The van der Waals surface area contributed by atoms with Crippen LogP contribution in [-0.4, -0.2) is 67.1 Å². The summed E-state index contributed by atoms with van der Waals surface area (Å²) in [5, 5.41) is 7.78. The van der Waals surface area contributed by atoms with E-state index in [-0.39, 0.29) is 5.91 Å². The lowest BCUT2D eigenvalue weighted by Gasteiger charge is -2.26. The first-order valence-corrected chi connectivity index (χ1v) is 10.6.